The van der Waals surface area contributed by atoms with Gasteiger partial charge in [-0.25, -0.2) is 0 Å². The quantitative estimate of drug-likeness (QED) is 0.761. The highest BCUT2D eigenvalue weighted by molar-refractivity contribution is 5.48. The molecule has 0 radical (unpaired) electrons. The van der Waals surface area contributed by atoms with Crippen molar-refractivity contribution in [2.75, 3.05) is 7.11 Å². The van der Waals surface area contributed by atoms with E-state index in [1.165, 1.54) is 22.3 Å². The molecule has 1 atom stereocenters. The Morgan fingerprint density at radius 1 is 1.23 bits per heavy atom. The zero-order chi connectivity index (χ0) is 16.9. The van der Waals surface area contributed by atoms with Crippen LogP contribution in [0.1, 0.15) is 62.3 Å². The van der Waals surface area contributed by atoms with Gasteiger partial charge in [0.2, 0.25) is 0 Å². The SMILES string of the molecule is COc1cc(C)c(CN[C@H](C)CCCC(C)(C)O)c(C)c1C. The highest BCUT2D eigenvalue weighted by atomic mass is 16.5. The van der Waals surface area contributed by atoms with Gasteiger partial charge in [0.05, 0.1) is 12.7 Å². The van der Waals surface area contributed by atoms with Crippen LogP contribution in [0.25, 0.3) is 0 Å². The van der Waals surface area contributed by atoms with Gasteiger partial charge in [-0.1, -0.05) is 0 Å². The van der Waals surface area contributed by atoms with Crippen LogP contribution in [-0.4, -0.2) is 23.9 Å². The highest BCUT2D eigenvalue weighted by Gasteiger charge is 2.14. The molecule has 0 aromatic heterocycles. The Bertz CT molecular complexity index is 489. The number of benzene rings is 1. The average molecular weight is 307 g/mol. The van der Waals surface area contributed by atoms with E-state index in [9.17, 15) is 5.11 Å². The lowest BCUT2D eigenvalue weighted by Crippen LogP contribution is -2.27. The number of rotatable bonds is 8. The summed E-state index contributed by atoms with van der Waals surface area (Å²) in [7, 11) is 1.73. The van der Waals surface area contributed by atoms with E-state index >= 15 is 0 Å². The topological polar surface area (TPSA) is 41.5 Å². The van der Waals surface area contributed by atoms with Crippen LogP contribution in [0, 0.1) is 20.8 Å². The predicted molar refractivity (Wildman–Crippen MR) is 93.7 cm³/mol. The van der Waals surface area contributed by atoms with Gasteiger partial charge in [-0.2, -0.15) is 0 Å². The Morgan fingerprint density at radius 2 is 1.86 bits per heavy atom. The predicted octanol–water partition coefficient (Wildman–Crippen LogP) is 4.04. The molecular formula is C19H33NO2. The molecule has 1 rings (SSSR count). The second-order valence-corrected chi connectivity index (χ2v) is 7.11. The molecule has 0 aliphatic heterocycles. The molecule has 0 aliphatic rings. The first-order chi connectivity index (χ1) is 10.2. The molecule has 3 nitrogen and oxygen atoms in total. The maximum atomic E-state index is 9.76. The van der Waals surface area contributed by atoms with E-state index in [0.29, 0.717) is 6.04 Å². The third-order valence-corrected chi connectivity index (χ3v) is 4.48. The van der Waals surface area contributed by atoms with Crippen molar-refractivity contribution in [2.24, 2.45) is 0 Å². The average Bonchev–Trinajstić information content (AvgIpc) is 2.41. The summed E-state index contributed by atoms with van der Waals surface area (Å²) in [5, 5.41) is 13.4. The molecular weight excluding hydrogens is 274 g/mol. The zero-order valence-corrected chi connectivity index (χ0v) is 15.3. The summed E-state index contributed by atoms with van der Waals surface area (Å²) in [6.07, 6.45) is 2.97. The lowest BCUT2D eigenvalue weighted by Gasteiger charge is -2.21. The molecule has 126 valence electrons. The summed E-state index contributed by atoms with van der Waals surface area (Å²) in [6, 6.07) is 2.57. The number of hydrogen-bond donors (Lipinski definition) is 2. The zero-order valence-electron chi connectivity index (χ0n) is 15.3. The largest absolute Gasteiger partial charge is 0.496 e. The minimum atomic E-state index is -0.556. The third kappa shape index (κ3) is 5.62. The van der Waals surface area contributed by atoms with Crippen LogP contribution in [0.2, 0.25) is 0 Å². The molecule has 1 aromatic rings. The van der Waals surface area contributed by atoms with Gasteiger partial charge in [-0.3, -0.25) is 0 Å². The summed E-state index contributed by atoms with van der Waals surface area (Å²) in [5.41, 5.74) is 4.62. The van der Waals surface area contributed by atoms with Crippen molar-refractivity contribution in [2.45, 2.75) is 79.0 Å². The second kappa shape index (κ2) is 7.98. The molecule has 0 saturated heterocycles. The number of methoxy groups -OCH3 is 1. The first-order valence-electron chi connectivity index (χ1n) is 8.25. The fraction of sp³-hybridized carbons (Fsp3) is 0.684. The summed E-state index contributed by atoms with van der Waals surface area (Å²) in [6.45, 7) is 13.3. The Kier molecular flexibility index (Phi) is 6.89. The summed E-state index contributed by atoms with van der Waals surface area (Å²) >= 11 is 0. The standard InChI is InChI=1S/C19H33NO2/c1-13-11-18(22-7)16(4)15(3)17(13)12-20-14(2)9-8-10-19(5,6)21/h11,14,20-21H,8-10,12H2,1-7H3/t14-/m1/s1. The Hall–Kier alpha value is -1.06. The lowest BCUT2D eigenvalue weighted by atomic mass is 9.96. The van der Waals surface area contributed by atoms with Gasteiger partial charge in [0, 0.05) is 12.6 Å². The van der Waals surface area contributed by atoms with Gasteiger partial charge in [0.1, 0.15) is 5.75 Å². The highest BCUT2D eigenvalue weighted by Crippen LogP contribution is 2.27. The molecule has 0 heterocycles. The van der Waals surface area contributed by atoms with E-state index in [1.54, 1.807) is 7.11 Å². The number of hydrogen-bond acceptors (Lipinski definition) is 3. The van der Waals surface area contributed by atoms with Crippen LogP contribution >= 0.6 is 0 Å². The molecule has 0 amide bonds. The molecule has 0 saturated carbocycles. The fourth-order valence-corrected chi connectivity index (χ4v) is 2.80. The van der Waals surface area contributed by atoms with E-state index in [4.69, 9.17) is 4.74 Å². The first kappa shape index (κ1) is 19.0. The van der Waals surface area contributed by atoms with Gasteiger partial charge in [0.15, 0.2) is 0 Å². The van der Waals surface area contributed by atoms with Gasteiger partial charge in [-0.05, 0) is 89.1 Å². The van der Waals surface area contributed by atoms with Crippen molar-refractivity contribution in [3.63, 3.8) is 0 Å². The number of aliphatic hydroxyl groups is 1. The summed E-state index contributed by atoms with van der Waals surface area (Å²) in [5.74, 6) is 0.969. The molecule has 3 heteroatoms. The fourth-order valence-electron chi connectivity index (χ4n) is 2.80. The summed E-state index contributed by atoms with van der Waals surface area (Å²) < 4.78 is 5.43. The van der Waals surface area contributed by atoms with Crippen LogP contribution in [0.4, 0.5) is 0 Å². The second-order valence-electron chi connectivity index (χ2n) is 7.11. The number of aryl methyl sites for hydroxylation is 1. The van der Waals surface area contributed by atoms with Crippen molar-refractivity contribution in [1.29, 1.82) is 0 Å². The molecule has 0 unspecified atom stereocenters. The van der Waals surface area contributed by atoms with Gasteiger partial charge in [0.25, 0.3) is 0 Å². The van der Waals surface area contributed by atoms with Gasteiger partial charge >= 0.3 is 0 Å². The van der Waals surface area contributed by atoms with E-state index < -0.39 is 5.60 Å². The van der Waals surface area contributed by atoms with Crippen molar-refractivity contribution < 1.29 is 9.84 Å². The first-order valence-corrected chi connectivity index (χ1v) is 8.25. The monoisotopic (exact) mass is 307 g/mol. The smallest absolute Gasteiger partial charge is 0.122 e. The van der Waals surface area contributed by atoms with Crippen molar-refractivity contribution >= 4 is 0 Å². The maximum absolute atomic E-state index is 9.76. The molecule has 22 heavy (non-hydrogen) atoms. The summed E-state index contributed by atoms with van der Waals surface area (Å²) in [4.78, 5) is 0. The Balaban J connectivity index is 2.59. The minimum Gasteiger partial charge on any atom is -0.496 e. The van der Waals surface area contributed by atoms with Crippen molar-refractivity contribution in [1.82, 2.24) is 5.32 Å². The minimum absolute atomic E-state index is 0.448. The Morgan fingerprint density at radius 3 is 2.41 bits per heavy atom. The molecule has 0 aliphatic carbocycles. The van der Waals surface area contributed by atoms with Crippen LogP contribution in [0.3, 0.4) is 0 Å². The van der Waals surface area contributed by atoms with Gasteiger partial charge < -0.3 is 15.2 Å². The third-order valence-electron chi connectivity index (χ3n) is 4.48. The van der Waals surface area contributed by atoms with E-state index in [-0.39, 0.29) is 0 Å². The van der Waals surface area contributed by atoms with Crippen molar-refractivity contribution in [3.05, 3.63) is 28.3 Å². The maximum Gasteiger partial charge on any atom is 0.122 e. The molecule has 0 spiro atoms. The molecule has 0 bridgehead atoms. The van der Waals surface area contributed by atoms with E-state index in [0.717, 1.165) is 31.6 Å². The normalized spacial score (nSPS) is 13.3. The molecule has 2 N–H and O–H groups in total. The van der Waals surface area contributed by atoms with Crippen LogP contribution in [0.15, 0.2) is 6.07 Å². The molecule has 1 aromatic carbocycles. The molecule has 0 fully saturated rings. The Labute approximate surface area is 136 Å². The number of nitrogens with one attached hydrogen (secondary N) is 1. The van der Waals surface area contributed by atoms with E-state index in [2.05, 4.69) is 39.1 Å². The van der Waals surface area contributed by atoms with Gasteiger partial charge in [-0.15, -0.1) is 0 Å². The van der Waals surface area contributed by atoms with Crippen LogP contribution < -0.4 is 10.1 Å². The lowest BCUT2D eigenvalue weighted by molar-refractivity contribution is 0.0675. The van der Waals surface area contributed by atoms with Crippen LogP contribution in [-0.2, 0) is 6.54 Å². The van der Waals surface area contributed by atoms with Crippen LogP contribution in [0.5, 0.6) is 5.75 Å². The van der Waals surface area contributed by atoms with Crippen molar-refractivity contribution in [3.8, 4) is 5.75 Å². The number of ether oxygens (including phenoxy) is 1. The van der Waals surface area contributed by atoms with E-state index in [1.807, 2.05) is 13.8 Å².